The summed E-state index contributed by atoms with van der Waals surface area (Å²) < 4.78 is 5.17. The van der Waals surface area contributed by atoms with E-state index in [9.17, 15) is 4.79 Å². The Morgan fingerprint density at radius 3 is 2.67 bits per heavy atom. The molecule has 0 aromatic carbocycles. The van der Waals surface area contributed by atoms with Crippen LogP contribution in [0.1, 0.15) is 55.1 Å². The highest BCUT2D eigenvalue weighted by molar-refractivity contribution is 5.94. The van der Waals surface area contributed by atoms with E-state index in [-0.39, 0.29) is 23.9 Å². The summed E-state index contributed by atoms with van der Waals surface area (Å²) in [4.78, 5) is 12.0. The molecule has 1 saturated carbocycles. The highest BCUT2D eigenvalue weighted by Gasteiger charge is 2.29. The van der Waals surface area contributed by atoms with Crippen molar-refractivity contribution in [2.45, 2.75) is 51.1 Å². The van der Waals surface area contributed by atoms with Crippen LogP contribution in [0.15, 0.2) is 16.7 Å². The Morgan fingerprint density at radius 2 is 2.11 bits per heavy atom. The zero-order valence-corrected chi connectivity index (χ0v) is 11.5. The predicted octanol–water partition coefficient (Wildman–Crippen LogP) is 2.61. The predicted molar refractivity (Wildman–Crippen MR) is 72.8 cm³/mol. The minimum atomic E-state index is -0.0600. The number of hydrogen-bond donors (Lipinski definition) is 2. The largest absolute Gasteiger partial charge is 0.467 e. The van der Waals surface area contributed by atoms with Crippen molar-refractivity contribution < 1.29 is 9.21 Å². The maximum absolute atomic E-state index is 12.0. The molecule has 102 valence electrons. The fraction of sp³-hybridized carbons (Fsp3) is 0.615. The average molecular weight is 273 g/mol. The molecule has 0 unspecified atom stereocenters. The van der Waals surface area contributed by atoms with E-state index >= 15 is 0 Å². The van der Waals surface area contributed by atoms with Crippen LogP contribution in [0, 0.1) is 0 Å². The molecule has 0 atom stereocenters. The van der Waals surface area contributed by atoms with E-state index in [2.05, 4.69) is 12.2 Å². The van der Waals surface area contributed by atoms with Gasteiger partial charge in [0.15, 0.2) is 0 Å². The van der Waals surface area contributed by atoms with Crippen LogP contribution in [0.25, 0.3) is 0 Å². The van der Waals surface area contributed by atoms with Crippen molar-refractivity contribution >= 4 is 18.3 Å². The molecule has 1 aliphatic rings. The summed E-state index contributed by atoms with van der Waals surface area (Å²) in [5.41, 5.74) is 5.95. The van der Waals surface area contributed by atoms with Crippen molar-refractivity contribution in [2.75, 3.05) is 0 Å². The average Bonchev–Trinajstić information content (AvgIpc) is 2.78. The van der Waals surface area contributed by atoms with E-state index in [1.165, 1.54) is 25.5 Å². The Morgan fingerprint density at radius 1 is 1.44 bits per heavy atom. The standard InChI is InChI=1S/C13H20N2O2.ClH/c1-13(5-3-2-4-6-13)15-12(16)10-7-11(8-14)17-9-10;/h7,9H,2-6,8,14H2,1H3,(H,15,16);1H. The second-order valence-electron chi connectivity index (χ2n) is 5.08. The summed E-state index contributed by atoms with van der Waals surface area (Å²) in [5, 5.41) is 3.11. The molecule has 1 fully saturated rings. The van der Waals surface area contributed by atoms with Gasteiger partial charge >= 0.3 is 0 Å². The van der Waals surface area contributed by atoms with E-state index in [0.29, 0.717) is 17.9 Å². The van der Waals surface area contributed by atoms with Gasteiger partial charge in [0.05, 0.1) is 12.1 Å². The minimum Gasteiger partial charge on any atom is -0.467 e. The molecule has 0 spiro atoms. The van der Waals surface area contributed by atoms with Gasteiger partial charge in [-0.15, -0.1) is 12.4 Å². The Hall–Kier alpha value is -1.00. The summed E-state index contributed by atoms with van der Waals surface area (Å²) >= 11 is 0. The van der Waals surface area contributed by atoms with E-state index in [0.717, 1.165) is 12.8 Å². The van der Waals surface area contributed by atoms with Gasteiger partial charge in [-0.25, -0.2) is 0 Å². The van der Waals surface area contributed by atoms with Crippen LogP contribution in [-0.4, -0.2) is 11.4 Å². The number of furan rings is 1. The van der Waals surface area contributed by atoms with Gasteiger partial charge in [0.1, 0.15) is 12.0 Å². The molecule has 4 nitrogen and oxygen atoms in total. The lowest BCUT2D eigenvalue weighted by Gasteiger charge is -2.34. The fourth-order valence-electron chi connectivity index (χ4n) is 2.41. The molecule has 1 aromatic rings. The molecular weight excluding hydrogens is 252 g/mol. The number of hydrogen-bond acceptors (Lipinski definition) is 3. The van der Waals surface area contributed by atoms with Gasteiger partial charge in [-0.3, -0.25) is 4.79 Å². The fourth-order valence-corrected chi connectivity index (χ4v) is 2.41. The van der Waals surface area contributed by atoms with Crippen molar-refractivity contribution in [1.29, 1.82) is 0 Å². The highest BCUT2D eigenvalue weighted by Crippen LogP contribution is 2.27. The van der Waals surface area contributed by atoms with Crippen molar-refractivity contribution in [2.24, 2.45) is 5.73 Å². The van der Waals surface area contributed by atoms with Crippen molar-refractivity contribution in [3.63, 3.8) is 0 Å². The van der Waals surface area contributed by atoms with Gasteiger partial charge in [-0.2, -0.15) is 0 Å². The number of rotatable bonds is 3. The quantitative estimate of drug-likeness (QED) is 0.889. The van der Waals surface area contributed by atoms with Crippen LogP contribution in [0.5, 0.6) is 0 Å². The molecule has 0 bridgehead atoms. The van der Waals surface area contributed by atoms with Gasteiger partial charge in [0.2, 0.25) is 0 Å². The molecule has 3 N–H and O–H groups in total. The van der Waals surface area contributed by atoms with Crippen LogP contribution in [0.2, 0.25) is 0 Å². The first-order valence-corrected chi connectivity index (χ1v) is 6.23. The molecule has 0 radical (unpaired) electrons. The van der Waals surface area contributed by atoms with Gasteiger partial charge in [-0.05, 0) is 25.8 Å². The highest BCUT2D eigenvalue weighted by atomic mass is 35.5. The van der Waals surface area contributed by atoms with Crippen molar-refractivity contribution in [1.82, 2.24) is 5.32 Å². The van der Waals surface area contributed by atoms with Crippen molar-refractivity contribution in [3.05, 3.63) is 23.7 Å². The number of nitrogens with one attached hydrogen (secondary N) is 1. The zero-order valence-electron chi connectivity index (χ0n) is 10.7. The monoisotopic (exact) mass is 272 g/mol. The number of carbonyl (C=O) groups is 1. The minimum absolute atomic E-state index is 0. The molecule has 2 rings (SSSR count). The third-order valence-electron chi connectivity index (χ3n) is 3.49. The molecule has 0 aliphatic heterocycles. The smallest absolute Gasteiger partial charge is 0.254 e. The Labute approximate surface area is 114 Å². The lowest BCUT2D eigenvalue weighted by Crippen LogP contribution is -2.47. The number of amides is 1. The second kappa shape index (κ2) is 6.25. The molecule has 1 amide bonds. The number of halogens is 1. The van der Waals surface area contributed by atoms with Crippen LogP contribution < -0.4 is 11.1 Å². The van der Waals surface area contributed by atoms with Crippen molar-refractivity contribution in [3.8, 4) is 0 Å². The van der Waals surface area contributed by atoms with E-state index in [4.69, 9.17) is 10.2 Å². The molecule has 0 saturated heterocycles. The molecule has 5 heteroatoms. The maximum atomic E-state index is 12.0. The zero-order chi connectivity index (χ0) is 12.3. The van der Waals surface area contributed by atoms with E-state index < -0.39 is 0 Å². The number of nitrogens with two attached hydrogens (primary N) is 1. The third kappa shape index (κ3) is 3.50. The van der Waals surface area contributed by atoms with Gasteiger partial charge in [0, 0.05) is 5.54 Å². The summed E-state index contributed by atoms with van der Waals surface area (Å²) in [6, 6.07) is 1.71. The van der Waals surface area contributed by atoms with Crippen LogP contribution in [0.3, 0.4) is 0 Å². The third-order valence-corrected chi connectivity index (χ3v) is 3.49. The Kier molecular flexibility index (Phi) is 5.23. The Balaban J connectivity index is 0.00000162. The Bertz CT molecular complexity index is 397. The lowest BCUT2D eigenvalue weighted by molar-refractivity contribution is 0.0882. The summed E-state index contributed by atoms with van der Waals surface area (Å²) in [6.45, 7) is 2.44. The molecule has 1 aliphatic carbocycles. The first-order chi connectivity index (χ1) is 8.13. The topological polar surface area (TPSA) is 68.3 Å². The molecule has 1 aromatic heterocycles. The molecule has 1 heterocycles. The van der Waals surface area contributed by atoms with E-state index in [1.54, 1.807) is 6.07 Å². The van der Waals surface area contributed by atoms with Crippen LogP contribution in [-0.2, 0) is 6.54 Å². The summed E-state index contributed by atoms with van der Waals surface area (Å²) in [7, 11) is 0. The van der Waals surface area contributed by atoms with Crippen LogP contribution in [0.4, 0.5) is 0 Å². The second-order valence-corrected chi connectivity index (χ2v) is 5.08. The summed E-state index contributed by atoms with van der Waals surface area (Å²) in [5.74, 6) is 0.585. The first kappa shape index (κ1) is 15.1. The van der Waals surface area contributed by atoms with Gasteiger partial charge in [-0.1, -0.05) is 19.3 Å². The molecule has 18 heavy (non-hydrogen) atoms. The number of carbonyl (C=O) groups excluding carboxylic acids is 1. The van der Waals surface area contributed by atoms with Gasteiger partial charge < -0.3 is 15.5 Å². The molecular formula is C13H21ClN2O2. The van der Waals surface area contributed by atoms with Gasteiger partial charge in [0.25, 0.3) is 5.91 Å². The van der Waals surface area contributed by atoms with Crippen LogP contribution >= 0.6 is 12.4 Å². The first-order valence-electron chi connectivity index (χ1n) is 6.23. The lowest BCUT2D eigenvalue weighted by atomic mass is 9.83. The maximum Gasteiger partial charge on any atom is 0.254 e. The SMILES string of the molecule is CC1(NC(=O)c2coc(CN)c2)CCCCC1.Cl. The van der Waals surface area contributed by atoms with E-state index in [1.807, 2.05) is 0 Å². The normalized spacial score (nSPS) is 17.9. The summed E-state index contributed by atoms with van der Waals surface area (Å²) in [6.07, 6.45) is 7.24.